The van der Waals surface area contributed by atoms with Crippen molar-refractivity contribution in [1.82, 2.24) is 4.98 Å². The lowest BCUT2D eigenvalue weighted by Crippen LogP contribution is -1.96. The Kier molecular flexibility index (Phi) is 4.26. The summed E-state index contributed by atoms with van der Waals surface area (Å²) in [5, 5.41) is 9.00. The van der Waals surface area contributed by atoms with E-state index in [9.17, 15) is 4.79 Å². The van der Waals surface area contributed by atoms with E-state index < -0.39 is 0 Å². The Hall–Kier alpha value is -2.20. The van der Waals surface area contributed by atoms with Gasteiger partial charge in [0.2, 0.25) is 5.88 Å². The molecule has 2 aromatic rings. The van der Waals surface area contributed by atoms with Crippen molar-refractivity contribution < 1.29 is 14.6 Å². The minimum Gasteiger partial charge on any atom is -0.439 e. The van der Waals surface area contributed by atoms with E-state index in [0.717, 1.165) is 5.56 Å². The molecule has 0 saturated carbocycles. The van der Waals surface area contributed by atoms with E-state index in [2.05, 4.69) is 4.98 Å². The molecule has 4 nitrogen and oxygen atoms in total. The summed E-state index contributed by atoms with van der Waals surface area (Å²) in [6.45, 7) is 1.45. The minimum absolute atomic E-state index is 0.116. The molecular formula is C15H15NO3. The van der Waals surface area contributed by atoms with E-state index in [-0.39, 0.29) is 12.4 Å². The van der Waals surface area contributed by atoms with E-state index in [1.165, 1.54) is 0 Å². The first-order chi connectivity index (χ1) is 9.17. The van der Waals surface area contributed by atoms with E-state index in [1.54, 1.807) is 37.3 Å². The number of hydrogen-bond acceptors (Lipinski definition) is 4. The van der Waals surface area contributed by atoms with Gasteiger partial charge in [0, 0.05) is 12.5 Å². The van der Waals surface area contributed by atoms with Gasteiger partial charge in [0.1, 0.15) is 11.5 Å². The standard InChI is InChI=1S/C15H15NO3/c1-11(18)9-12-5-7-14(8-6-12)19-15-4-2-3-13(10-17)16-15/h2-8,17H,9-10H2,1H3. The van der Waals surface area contributed by atoms with Crippen LogP contribution in [0, 0.1) is 0 Å². The minimum atomic E-state index is -0.116. The predicted octanol–water partition coefficient (Wildman–Crippen LogP) is 2.50. The quantitative estimate of drug-likeness (QED) is 0.894. The second kappa shape index (κ2) is 6.11. The van der Waals surface area contributed by atoms with Crippen LogP contribution >= 0.6 is 0 Å². The summed E-state index contributed by atoms with van der Waals surface area (Å²) in [6, 6.07) is 12.5. The number of aliphatic hydroxyl groups is 1. The molecule has 0 bridgehead atoms. The maximum atomic E-state index is 11.0. The van der Waals surface area contributed by atoms with Gasteiger partial charge in [0.05, 0.1) is 12.3 Å². The average molecular weight is 257 g/mol. The molecule has 0 atom stereocenters. The number of carbonyl (C=O) groups excluding carboxylic acids is 1. The summed E-state index contributed by atoms with van der Waals surface area (Å²) in [6.07, 6.45) is 0.429. The van der Waals surface area contributed by atoms with Crippen LogP contribution in [0.5, 0.6) is 11.6 Å². The first-order valence-corrected chi connectivity index (χ1v) is 6.00. The molecule has 2 rings (SSSR count). The molecule has 19 heavy (non-hydrogen) atoms. The van der Waals surface area contributed by atoms with Gasteiger partial charge in [-0.25, -0.2) is 4.98 Å². The highest BCUT2D eigenvalue weighted by Gasteiger charge is 2.02. The van der Waals surface area contributed by atoms with Crippen molar-refractivity contribution in [3.63, 3.8) is 0 Å². The first kappa shape index (κ1) is 13.2. The summed E-state index contributed by atoms with van der Waals surface area (Å²) in [5.74, 6) is 1.21. The van der Waals surface area contributed by atoms with E-state index >= 15 is 0 Å². The molecule has 0 aliphatic carbocycles. The molecule has 0 fully saturated rings. The summed E-state index contributed by atoms with van der Waals surface area (Å²) in [7, 11) is 0. The maximum Gasteiger partial charge on any atom is 0.219 e. The number of Topliss-reactive ketones (excluding diaryl/α,β-unsaturated/α-hetero) is 1. The molecule has 0 spiro atoms. The van der Waals surface area contributed by atoms with Gasteiger partial charge < -0.3 is 9.84 Å². The topological polar surface area (TPSA) is 59.4 Å². The fraction of sp³-hybridized carbons (Fsp3) is 0.200. The molecule has 0 saturated heterocycles. The fourth-order valence-electron chi connectivity index (χ4n) is 1.69. The number of ether oxygens (including phenoxy) is 1. The van der Waals surface area contributed by atoms with Gasteiger partial charge in [0.15, 0.2) is 0 Å². The van der Waals surface area contributed by atoms with Crippen molar-refractivity contribution in [3.8, 4) is 11.6 Å². The average Bonchev–Trinajstić information content (AvgIpc) is 2.41. The van der Waals surface area contributed by atoms with Crippen molar-refractivity contribution in [2.75, 3.05) is 0 Å². The lowest BCUT2D eigenvalue weighted by molar-refractivity contribution is -0.116. The molecule has 0 unspecified atom stereocenters. The Labute approximate surface area is 111 Å². The third-order valence-electron chi connectivity index (χ3n) is 2.54. The van der Waals surface area contributed by atoms with Gasteiger partial charge in [-0.1, -0.05) is 18.2 Å². The molecule has 0 aliphatic rings. The molecule has 1 heterocycles. The normalized spacial score (nSPS) is 10.2. The molecule has 1 N–H and O–H groups in total. The highest BCUT2D eigenvalue weighted by Crippen LogP contribution is 2.20. The number of aliphatic hydroxyl groups excluding tert-OH is 1. The Bertz CT molecular complexity index is 564. The van der Waals surface area contributed by atoms with Crippen LogP contribution in [-0.2, 0) is 17.8 Å². The van der Waals surface area contributed by atoms with Crippen LogP contribution < -0.4 is 4.74 Å². The molecular weight excluding hydrogens is 242 g/mol. The number of benzene rings is 1. The number of pyridine rings is 1. The molecule has 1 aromatic heterocycles. The summed E-state index contributed by atoms with van der Waals surface area (Å²) in [5.41, 5.74) is 1.52. The molecule has 0 radical (unpaired) electrons. The number of rotatable bonds is 5. The van der Waals surface area contributed by atoms with Crippen LogP contribution in [0.4, 0.5) is 0 Å². The summed E-state index contributed by atoms with van der Waals surface area (Å²) < 4.78 is 5.57. The Morgan fingerprint density at radius 3 is 2.58 bits per heavy atom. The zero-order chi connectivity index (χ0) is 13.7. The predicted molar refractivity (Wildman–Crippen MR) is 71.1 cm³/mol. The van der Waals surface area contributed by atoms with E-state index in [1.807, 2.05) is 12.1 Å². The van der Waals surface area contributed by atoms with Gasteiger partial charge in [-0.2, -0.15) is 0 Å². The smallest absolute Gasteiger partial charge is 0.219 e. The Morgan fingerprint density at radius 1 is 1.21 bits per heavy atom. The maximum absolute atomic E-state index is 11.0. The summed E-state index contributed by atoms with van der Waals surface area (Å²) >= 11 is 0. The van der Waals surface area contributed by atoms with Crippen LogP contribution in [0.1, 0.15) is 18.2 Å². The van der Waals surface area contributed by atoms with E-state index in [4.69, 9.17) is 9.84 Å². The van der Waals surface area contributed by atoms with Gasteiger partial charge in [-0.05, 0) is 30.7 Å². The van der Waals surface area contributed by atoms with Gasteiger partial charge in [0.25, 0.3) is 0 Å². The van der Waals surface area contributed by atoms with E-state index in [0.29, 0.717) is 23.7 Å². The third-order valence-corrected chi connectivity index (χ3v) is 2.54. The van der Waals surface area contributed by atoms with Gasteiger partial charge in [-0.15, -0.1) is 0 Å². The zero-order valence-electron chi connectivity index (χ0n) is 10.7. The van der Waals surface area contributed by atoms with Crippen molar-refractivity contribution >= 4 is 5.78 Å². The first-order valence-electron chi connectivity index (χ1n) is 6.00. The molecule has 0 aliphatic heterocycles. The fourth-order valence-corrected chi connectivity index (χ4v) is 1.69. The van der Waals surface area contributed by atoms with Crippen LogP contribution in [0.3, 0.4) is 0 Å². The van der Waals surface area contributed by atoms with Crippen molar-refractivity contribution in [2.24, 2.45) is 0 Å². The van der Waals surface area contributed by atoms with Crippen molar-refractivity contribution in [2.45, 2.75) is 20.0 Å². The summed E-state index contributed by atoms with van der Waals surface area (Å²) in [4.78, 5) is 15.1. The SMILES string of the molecule is CC(=O)Cc1ccc(Oc2cccc(CO)n2)cc1. The van der Waals surface area contributed by atoms with Crippen molar-refractivity contribution in [1.29, 1.82) is 0 Å². The zero-order valence-corrected chi connectivity index (χ0v) is 10.7. The molecule has 1 aromatic carbocycles. The highest BCUT2D eigenvalue weighted by atomic mass is 16.5. The van der Waals surface area contributed by atoms with Gasteiger partial charge in [-0.3, -0.25) is 4.79 Å². The molecule has 98 valence electrons. The number of aromatic nitrogens is 1. The lowest BCUT2D eigenvalue weighted by atomic mass is 10.1. The number of nitrogens with zero attached hydrogens (tertiary/aromatic N) is 1. The van der Waals surface area contributed by atoms with Crippen LogP contribution in [0.2, 0.25) is 0 Å². The molecule has 0 amide bonds. The second-order valence-electron chi connectivity index (χ2n) is 4.25. The van der Waals surface area contributed by atoms with Crippen LogP contribution in [0.15, 0.2) is 42.5 Å². The highest BCUT2D eigenvalue weighted by molar-refractivity contribution is 5.78. The molecule has 4 heteroatoms. The van der Waals surface area contributed by atoms with Crippen molar-refractivity contribution in [3.05, 3.63) is 53.7 Å². The lowest BCUT2D eigenvalue weighted by Gasteiger charge is -2.06. The van der Waals surface area contributed by atoms with Crippen LogP contribution in [-0.4, -0.2) is 15.9 Å². The number of ketones is 1. The number of carbonyl (C=O) groups is 1. The second-order valence-corrected chi connectivity index (χ2v) is 4.25. The van der Waals surface area contributed by atoms with Crippen LogP contribution in [0.25, 0.3) is 0 Å². The largest absolute Gasteiger partial charge is 0.439 e. The monoisotopic (exact) mass is 257 g/mol. The Balaban J connectivity index is 2.08. The number of hydrogen-bond donors (Lipinski definition) is 1. The van der Waals surface area contributed by atoms with Gasteiger partial charge >= 0.3 is 0 Å². The third kappa shape index (κ3) is 3.89. The Morgan fingerprint density at radius 2 is 1.95 bits per heavy atom.